The van der Waals surface area contributed by atoms with Gasteiger partial charge in [0.1, 0.15) is 0 Å². The number of hydrogen-bond acceptors (Lipinski definition) is 2. The van der Waals surface area contributed by atoms with E-state index in [1.54, 1.807) is 0 Å². The number of benzene rings is 1. The van der Waals surface area contributed by atoms with Gasteiger partial charge in [-0.1, -0.05) is 47.1 Å². The minimum absolute atomic E-state index is 0.397. The first-order valence-corrected chi connectivity index (χ1v) is 7.86. The molecule has 1 N–H and O–H groups in total. The average molecular weight is 333 g/mol. The number of aryl methyl sites for hydroxylation is 1. The maximum atomic E-state index is 4.55. The van der Waals surface area contributed by atoms with Crippen molar-refractivity contribution >= 4 is 15.9 Å². The number of pyridine rings is 1. The summed E-state index contributed by atoms with van der Waals surface area (Å²) in [5, 5.41) is 3.39. The van der Waals surface area contributed by atoms with Crippen LogP contribution < -0.4 is 5.32 Å². The van der Waals surface area contributed by atoms with Crippen LogP contribution in [-0.4, -0.2) is 18.1 Å². The summed E-state index contributed by atoms with van der Waals surface area (Å²) in [7, 11) is 2.02. The minimum atomic E-state index is 0.397. The van der Waals surface area contributed by atoms with Crippen molar-refractivity contribution < 1.29 is 0 Å². The molecule has 1 atom stereocenters. The summed E-state index contributed by atoms with van der Waals surface area (Å²) in [6, 6.07) is 13.1. The van der Waals surface area contributed by atoms with Gasteiger partial charge in [-0.2, -0.15) is 0 Å². The van der Waals surface area contributed by atoms with Crippen molar-refractivity contribution in [3.63, 3.8) is 0 Å². The Balaban J connectivity index is 2.03. The molecular formula is C17H21BrN2. The summed E-state index contributed by atoms with van der Waals surface area (Å²) in [6.07, 6.45) is 4.97. The Hall–Kier alpha value is -1.19. The average Bonchev–Trinajstić information content (AvgIpc) is 2.49. The fraction of sp³-hybridized carbons (Fsp3) is 0.353. The SMILES string of the molecule is CCc1ccc(CC(Cc2ccccc2Br)NC)nc1. The van der Waals surface area contributed by atoms with Crippen LogP contribution in [0.25, 0.3) is 0 Å². The topological polar surface area (TPSA) is 24.9 Å². The Labute approximate surface area is 129 Å². The standard InChI is InChI=1S/C17H21BrN2/c1-3-13-8-9-15(20-12-13)11-16(19-2)10-14-6-4-5-7-17(14)18/h4-9,12,16,19H,3,10-11H2,1-2H3. The highest BCUT2D eigenvalue weighted by molar-refractivity contribution is 9.10. The van der Waals surface area contributed by atoms with Gasteiger partial charge in [-0.15, -0.1) is 0 Å². The summed E-state index contributed by atoms with van der Waals surface area (Å²) < 4.78 is 1.18. The largest absolute Gasteiger partial charge is 0.316 e. The quantitative estimate of drug-likeness (QED) is 0.870. The zero-order valence-corrected chi connectivity index (χ0v) is 13.7. The van der Waals surface area contributed by atoms with E-state index in [-0.39, 0.29) is 0 Å². The third-order valence-corrected chi connectivity index (χ3v) is 4.36. The predicted octanol–water partition coefficient (Wildman–Crippen LogP) is 3.78. The van der Waals surface area contributed by atoms with Crippen molar-refractivity contribution in [1.29, 1.82) is 0 Å². The molecule has 3 heteroatoms. The number of aromatic nitrogens is 1. The van der Waals surface area contributed by atoms with Gasteiger partial charge in [0.25, 0.3) is 0 Å². The van der Waals surface area contributed by atoms with E-state index in [4.69, 9.17) is 0 Å². The first-order chi connectivity index (χ1) is 9.72. The second kappa shape index (κ2) is 7.55. The van der Waals surface area contributed by atoms with Crippen LogP contribution in [0.5, 0.6) is 0 Å². The number of likely N-dealkylation sites (N-methyl/N-ethyl adjacent to an activating group) is 1. The van der Waals surface area contributed by atoms with Crippen molar-refractivity contribution in [3.05, 3.63) is 63.9 Å². The number of nitrogens with one attached hydrogen (secondary N) is 1. The molecule has 0 fully saturated rings. The fourth-order valence-corrected chi connectivity index (χ4v) is 2.69. The normalized spacial score (nSPS) is 12.3. The lowest BCUT2D eigenvalue weighted by atomic mass is 10.0. The van der Waals surface area contributed by atoms with Gasteiger partial charge in [0.2, 0.25) is 0 Å². The van der Waals surface area contributed by atoms with Crippen LogP contribution in [0.15, 0.2) is 47.1 Å². The Bertz CT molecular complexity index is 537. The molecule has 1 unspecified atom stereocenters. The van der Waals surface area contributed by atoms with Crippen LogP contribution in [0.3, 0.4) is 0 Å². The van der Waals surface area contributed by atoms with Gasteiger partial charge in [-0.25, -0.2) is 0 Å². The van der Waals surface area contributed by atoms with Gasteiger partial charge >= 0.3 is 0 Å². The molecular weight excluding hydrogens is 312 g/mol. The molecule has 0 aliphatic heterocycles. The van der Waals surface area contributed by atoms with E-state index in [9.17, 15) is 0 Å². The van der Waals surface area contributed by atoms with E-state index >= 15 is 0 Å². The van der Waals surface area contributed by atoms with Gasteiger partial charge in [-0.3, -0.25) is 4.98 Å². The van der Waals surface area contributed by atoms with Crippen LogP contribution in [0.2, 0.25) is 0 Å². The van der Waals surface area contributed by atoms with Gasteiger partial charge in [0.15, 0.2) is 0 Å². The van der Waals surface area contributed by atoms with Crippen LogP contribution in [0.4, 0.5) is 0 Å². The van der Waals surface area contributed by atoms with E-state index in [1.807, 2.05) is 19.3 Å². The zero-order valence-electron chi connectivity index (χ0n) is 12.1. The van der Waals surface area contributed by atoms with Gasteiger partial charge in [0, 0.05) is 28.8 Å². The maximum Gasteiger partial charge on any atom is 0.0419 e. The lowest BCUT2D eigenvalue weighted by molar-refractivity contribution is 0.549. The van der Waals surface area contributed by atoms with E-state index in [1.165, 1.54) is 15.6 Å². The Morgan fingerprint density at radius 1 is 1.15 bits per heavy atom. The van der Waals surface area contributed by atoms with Crippen LogP contribution in [0.1, 0.15) is 23.7 Å². The summed E-state index contributed by atoms with van der Waals surface area (Å²) in [4.78, 5) is 4.55. The summed E-state index contributed by atoms with van der Waals surface area (Å²) in [5.74, 6) is 0. The first kappa shape index (κ1) is 15.2. The molecule has 2 rings (SSSR count). The summed E-state index contributed by atoms with van der Waals surface area (Å²) in [5.41, 5.74) is 3.77. The minimum Gasteiger partial charge on any atom is -0.316 e. The highest BCUT2D eigenvalue weighted by Gasteiger charge is 2.11. The number of rotatable bonds is 6. The highest BCUT2D eigenvalue weighted by Crippen LogP contribution is 2.18. The lowest BCUT2D eigenvalue weighted by Crippen LogP contribution is -2.30. The molecule has 0 saturated carbocycles. The van der Waals surface area contributed by atoms with Crippen molar-refractivity contribution in [2.24, 2.45) is 0 Å². The van der Waals surface area contributed by atoms with E-state index in [2.05, 4.69) is 63.5 Å². The van der Waals surface area contributed by atoms with Crippen LogP contribution >= 0.6 is 15.9 Å². The molecule has 0 aliphatic carbocycles. The summed E-state index contributed by atoms with van der Waals surface area (Å²) in [6.45, 7) is 2.15. The Morgan fingerprint density at radius 3 is 2.55 bits per heavy atom. The third-order valence-electron chi connectivity index (χ3n) is 3.58. The molecule has 1 heterocycles. The van der Waals surface area contributed by atoms with Gasteiger partial charge in [0.05, 0.1) is 0 Å². The Morgan fingerprint density at radius 2 is 1.95 bits per heavy atom. The molecule has 2 nitrogen and oxygen atoms in total. The fourth-order valence-electron chi connectivity index (χ4n) is 2.24. The van der Waals surface area contributed by atoms with Crippen molar-refractivity contribution in [2.45, 2.75) is 32.2 Å². The van der Waals surface area contributed by atoms with Gasteiger partial charge in [-0.05, 0) is 43.1 Å². The van der Waals surface area contributed by atoms with Crippen LogP contribution in [0, 0.1) is 0 Å². The van der Waals surface area contributed by atoms with E-state index in [0.717, 1.165) is 25.0 Å². The molecule has 20 heavy (non-hydrogen) atoms. The van der Waals surface area contributed by atoms with Crippen LogP contribution in [-0.2, 0) is 19.3 Å². The highest BCUT2D eigenvalue weighted by atomic mass is 79.9. The molecule has 0 radical (unpaired) electrons. The number of halogens is 1. The third kappa shape index (κ3) is 4.15. The van der Waals surface area contributed by atoms with Crippen molar-refractivity contribution in [3.8, 4) is 0 Å². The molecule has 1 aromatic carbocycles. The second-order valence-electron chi connectivity index (χ2n) is 5.00. The molecule has 0 spiro atoms. The van der Waals surface area contributed by atoms with Crippen molar-refractivity contribution in [2.75, 3.05) is 7.05 Å². The maximum absolute atomic E-state index is 4.55. The monoisotopic (exact) mass is 332 g/mol. The molecule has 2 aromatic rings. The molecule has 0 amide bonds. The predicted molar refractivity (Wildman–Crippen MR) is 88.0 cm³/mol. The number of nitrogens with zero attached hydrogens (tertiary/aromatic N) is 1. The molecule has 1 aromatic heterocycles. The molecule has 106 valence electrons. The number of hydrogen-bond donors (Lipinski definition) is 1. The molecule has 0 saturated heterocycles. The van der Waals surface area contributed by atoms with E-state index in [0.29, 0.717) is 6.04 Å². The van der Waals surface area contributed by atoms with E-state index < -0.39 is 0 Å². The smallest absolute Gasteiger partial charge is 0.0419 e. The van der Waals surface area contributed by atoms with Gasteiger partial charge < -0.3 is 5.32 Å². The molecule has 0 bridgehead atoms. The lowest BCUT2D eigenvalue weighted by Gasteiger charge is -2.17. The first-order valence-electron chi connectivity index (χ1n) is 7.07. The second-order valence-corrected chi connectivity index (χ2v) is 5.85. The molecule has 0 aliphatic rings. The Kier molecular flexibility index (Phi) is 5.74. The van der Waals surface area contributed by atoms with Crippen molar-refractivity contribution in [1.82, 2.24) is 10.3 Å². The summed E-state index contributed by atoms with van der Waals surface area (Å²) >= 11 is 3.61. The zero-order chi connectivity index (χ0) is 14.4.